The summed E-state index contributed by atoms with van der Waals surface area (Å²) in [5, 5.41) is 17.4. The number of nitrogens with one attached hydrogen (secondary N) is 1. The average Bonchev–Trinajstić information content (AvgIpc) is 3.53. The van der Waals surface area contributed by atoms with E-state index in [1.165, 1.54) is 6.92 Å². The van der Waals surface area contributed by atoms with E-state index in [0.717, 1.165) is 53.8 Å². The van der Waals surface area contributed by atoms with Crippen LogP contribution in [0.3, 0.4) is 0 Å². The van der Waals surface area contributed by atoms with Crippen LogP contribution in [0, 0.1) is 0 Å². The number of hydrogen-bond donors (Lipinski definition) is 2. The first kappa shape index (κ1) is 22.1. The molecule has 0 bridgehead atoms. The molecule has 9 nitrogen and oxygen atoms in total. The van der Waals surface area contributed by atoms with Gasteiger partial charge in [0.2, 0.25) is 5.88 Å². The fraction of sp³-hybridized carbons (Fsp3) is 0.320. The largest absolute Gasteiger partial charge is 0.464 e. The SMILES string of the molecule is C[C@H](O)C(=O)N1CCN(CCc2coc3cc(Oc4ccc(-c5ccn[nH]5)cn4)ccc23)CC1. The molecule has 176 valence electrons. The van der Waals surface area contributed by atoms with Crippen LogP contribution in [0.1, 0.15) is 12.5 Å². The molecule has 1 aliphatic heterocycles. The predicted octanol–water partition coefficient (Wildman–Crippen LogP) is 3.08. The molecule has 1 aromatic carbocycles. The second-order valence-corrected chi connectivity index (χ2v) is 8.47. The van der Waals surface area contributed by atoms with Gasteiger partial charge in [-0.3, -0.25) is 14.8 Å². The molecular weight excluding hydrogens is 434 g/mol. The average molecular weight is 462 g/mol. The van der Waals surface area contributed by atoms with E-state index in [0.29, 0.717) is 24.7 Å². The number of aliphatic hydroxyl groups excluding tert-OH is 1. The van der Waals surface area contributed by atoms with E-state index >= 15 is 0 Å². The third-order valence-electron chi connectivity index (χ3n) is 6.14. The van der Waals surface area contributed by atoms with Crippen molar-refractivity contribution < 1.29 is 19.1 Å². The molecule has 4 heterocycles. The molecule has 0 spiro atoms. The van der Waals surface area contributed by atoms with E-state index < -0.39 is 6.10 Å². The van der Waals surface area contributed by atoms with E-state index in [1.54, 1.807) is 23.6 Å². The minimum atomic E-state index is -0.935. The number of furan rings is 1. The molecule has 1 atom stereocenters. The Morgan fingerprint density at radius 2 is 2.06 bits per heavy atom. The van der Waals surface area contributed by atoms with E-state index in [9.17, 15) is 9.90 Å². The monoisotopic (exact) mass is 461 g/mol. The van der Waals surface area contributed by atoms with Gasteiger partial charge >= 0.3 is 0 Å². The lowest BCUT2D eigenvalue weighted by Gasteiger charge is -2.35. The van der Waals surface area contributed by atoms with E-state index in [2.05, 4.69) is 20.1 Å². The smallest absolute Gasteiger partial charge is 0.251 e. The molecule has 5 rings (SSSR count). The molecule has 4 aromatic rings. The van der Waals surface area contributed by atoms with Crippen LogP contribution >= 0.6 is 0 Å². The third-order valence-corrected chi connectivity index (χ3v) is 6.14. The lowest BCUT2D eigenvalue weighted by atomic mass is 10.1. The molecule has 0 unspecified atom stereocenters. The Hall–Kier alpha value is -3.69. The summed E-state index contributed by atoms with van der Waals surface area (Å²) in [6.07, 6.45) is 5.17. The molecule has 9 heteroatoms. The number of benzene rings is 1. The summed E-state index contributed by atoms with van der Waals surface area (Å²) in [6.45, 7) is 5.30. The van der Waals surface area contributed by atoms with Crippen LogP contribution in [0.2, 0.25) is 0 Å². The maximum atomic E-state index is 11.9. The van der Waals surface area contributed by atoms with Gasteiger partial charge in [-0.25, -0.2) is 4.98 Å². The lowest BCUT2D eigenvalue weighted by molar-refractivity contribution is -0.141. The number of carbonyl (C=O) groups excluding carboxylic acids is 1. The zero-order chi connectivity index (χ0) is 23.5. The van der Waals surface area contributed by atoms with Crippen molar-refractivity contribution in [2.75, 3.05) is 32.7 Å². The highest BCUT2D eigenvalue weighted by Crippen LogP contribution is 2.29. The minimum absolute atomic E-state index is 0.192. The number of amides is 1. The number of pyridine rings is 1. The number of H-pyrrole nitrogens is 1. The van der Waals surface area contributed by atoms with Crippen LogP contribution in [0.15, 0.2) is 59.5 Å². The van der Waals surface area contributed by atoms with Gasteiger partial charge in [-0.2, -0.15) is 5.10 Å². The fourth-order valence-corrected chi connectivity index (χ4v) is 4.19. The van der Waals surface area contributed by atoms with Crippen molar-refractivity contribution >= 4 is 16.9 Å². The number of ether oxygens (including phenoxy) is 1. The Morgan fingerprint density at radius 3 is 2.76 bits per heavy atom. The number of carbonyl (C=O) groups is 1. The van der Waals surface area contributed by atoms with Crippen molar-refractivity contribution in [1.82, 2.24) is 25.0 Å². The number of nitrogens with zero attached hydrogens (tertiary/aromatic N) is 4. The number of fused-ring (bicyclic) bond motifs is 1. The van der Waals surface area contributed by atoms with Crippen molar-refractivity contribution in [3.8, 4) is 22.9 Å². The molecule has 2 N–H and O–H groups in total. The highest BCUT2D eigenvalue weighted by atomic mass is 16.5. The Bertz CT molecular complexity index is 1240. The van der Waals surface area contributed by atoms with Crippen molar-refractivity contribution in [1.29, 1.82) is 0 Å². The number of aromatic nitrogens is 3. The molecule has 3 aromatic heterocycles. The van der Waals surface area contributed by atoms with Gasteiger partial charge in [0.15, 0.2) is 0 Å². The Labute approximate surface area is 197 Å². The van der Waals surface area contributed by atoms with Crippen molar-refractivity contribution in [2.24, 2.45) is 0 Å². The van der Waals surface area contributed by atoms with Crippen molar-refractivity contribution in [3.63, 3.8) is 0 Å². The first-order chi connectivity index (χ1) is 16.6. The number of piperazine rings is 1. The second kappa shape index (κ2) is 9.66. The molecule has 0 saturated carbocycles. The first-order valence-corrected chi connectivity index (χ1v) is 11.4. The summed E-state index contributed by atoms with van der Waals surface area (Å²) in [6, 6.07) is 11.5. The zero-order valence-electron chi connectivity index (χ0n) is 19.0. The number of hydrogen-bond acceptors (Lipinski definition) is 7. The summed E-state index contributed by atoms with van der Waals surface area (Å²) in [4.78, 5) is 20.4. The normalized spacial score (nSPS) is 15.5. The third kappa shape index (κ3) is 4.80. The van der Waals surface area contributed by atoms with E-state index in [4.69, 9.17) is 9.15 Å². The first-order valence-electron chi connectivity index (χ1n) is 11.4. The summed E-state index contributed by atoms with van der Waals surface area (Å²) < 4.78 is 11.7. The molecular formula is C25H27N5O4. The van der Waals surface area contributed by atoms with Gasteiger partial charge in [0.25, 0.3) is 5.91 Å². The Morgan fingerprint density at radius 1 is 1.21 bits per heavy atom. The fourth-order valence-electron chi connectivity index (χ4n) is 4.19. The molecule has 1 fully saturated rings. The van der Waals surface area contributed by atoms with Gasteiger partial charge in [0.05, 0.1) is 12.0 Å². The molecule has 0 aliphatic carbocycles. The van der Waals surface area contributed by atoms with Gasteiger partial charge < -0.3 is 19.2 Å². The van der Waals surface area contributed by atoms with Crippen LogP contribution in [0.5, 0.6) is 11.6 Å². The van der Waals surface area contributed by atoms with E-state index in [1.807, 2.05) is 36.4 Å². The van der Waals surface area contributed by atoms with E-state index in [-0.39, 0.29) is 5.91 Å². The van der Waals surface area contributed by atoms with Crippen LogP contribution in [-0.4, -0.2) is 74.8 Å². The van der Waals surface area contributed by atoms with Crippen molar-refractivity contribution in [2.45, 2.75) is 19.4 Å². The van der Waals surface area contributed by atoms with Gasteiger partial charge in [-0.15, -0.1) is 0 Å². The minimum Gasteiger partial charge on any atom is -0.464 e. The highest BCUT2D eigenvalue weighted by Gasteiger charge is 2.23. The second-order valence-electron chi connectivity index (χ2n) is 8.47. The summed E-state index contributed by atoms with van der Waals surface area (Å²) in [5.41, 5.74) is 3.76. The highest BCUT2D eigenvalue weighted by molar-refractivity contribution is 5.82. The quantitative estimate of drug-likeness (QED) is 0.435. The van der Waals surface area contributed by atoms with Gasteiger partial charge in [-0.1, -0.05) is 0 Å². The molecule has 1 aliphatic rings. The Balaban J connectivity index is 1.18. The Kier molecular flexibility index (Phi) is 6.29. The molecule has 0 radical (unpaired) electrons. The van der Waals surface area contributed by atoms with Crippen LogP contribution < -0.4 is 4.74 Å². The molecule has 34 heavy (non-hydrogen) atoms. The lowest BCUT2D eigenvalue weighted by Crippen LogP contribution is -2.51. The summed E-state index contributed by atoms with van der Waals surface area (Å²) >= 11 is 0. The van der Waals surface area contributed by atoms with Gasteiger partial charge in [0.1, 0.15) is 17.4 Å². The topological polar surface area (TPSA) is 108 Å². The van der Waals surface area contributed by atoms with Crippen LogP contribution in [0.25, 0.3) is 22.2 Å². The summed E-state index contributed by atoms with van der Waals surface area (Å²) in [5.74, 6) is 0.971. The van der Waals surface area contributed by atoms with Crippen LogP contribution in [-0.2, 0) is 11.2 Å². The number of aliphatic hydroxyl groups is 1. The predicted molar refractivity (Wildman–Crippen MR) is 127 cm³/mol. The van der Waals surface area contributed by atoms with Gasteiger partial charge in [-0.05, 0) is 43.2 Å². The summed E-state index contributed by atoms with van der Waals surface area (Å²) in [7, 11) is 0. The zero-order valence-corrected chi connectivity index (χ0v) is 19.0. The molecule has 1 amide bonds. The number of aromatic amines is 1. The standard InChI is InChI=1S/C25H27N5O4/c1-17(31)25(32)30-12-10-29(11-13-30)9-7-19-16-33-23-14-20(3-4-21(19)23)34-24-5-2-18(15-26-24)22-6-8-27-28-22/h2-6,8,14-17,31H,7,9-13H2,1H3,(H,27,28)/t17-/m0/s1. The number of rotatable bonds is 7. The maximum Gasteiger partial charge on any atom is 0.251 e. The van der Waals surface area contributed by atoms with Gasteiger partial charge in [0, 0.05) is 68.2 Å². The van der Waals surface area contributed by atoms with Crippen molar-refractivity contribution in [3.05, 3.63) is 60.6 Å². The molecule has 1 saturated heterocycles. The maximum absolute atomic E-state index is 11.9. The van der Waals surface area contributed by atoms with Crippen LogP contribution in [0.4, 0.5) is 0 Å².